The minimum absolute atomic E-state index is 0.0537. The van der Waals surface area contributed by atoms with Gasteiger partial charge in [-0.05, 0) is 6.07 Å². The quantitative estimate of drug-likeness (QED) is 0.464. The third-order valence-corrected chi connectivity index (χ3v) is 3.77. The normalized spacial score (nSPS) is 30.5. The van der Waals surface area contributed by atoms with E-state index in [9.17, 15) is 15.0 Å². The highest BCUT2D eigenvalue weighted by molar-refractivity contribution is 7.44. The number of rotatable bonds is 5. The average molecular weight is 320 g/mol. The summed E-state index contributed by atoms with van der Waals surface area (Å²) < 4.78 is 16.4. The molecule has 0 aromatic carbocycles. The van der Waals surface area contributed by atoms with Crippen molar-refractivity contribution in [2.45, 2.75) is 24.5 Å². The van der Waals surface area contributed by atoms with Gasteiger partial charge in [-0.25, -0.2) is 4.79 Å². The molecule has 0 spiro atoms. The summed E-state index contributed by atoms with van der Waals surface area (Å²) in [5, 5.41) is 19.9. The molecule has 1 aliphatic rings. The van der Waals surface area contributed by atoms with Crippen LogP contribution >= 0.6 is 8.53 Å². The van der Waals surface area contributed by atoms with Crippen LogP contribution in [0.1, 0.15) is 6.23 Å². The molecular weight excluding hydrogens is 303 g/mol. The first-order chi connectivity index (χ1) is 9.93. The van der Waals surface area contributed by atoms with Gasteiger partial charge in [0.1, 0.15) is 24.1 Å². The molecule has 1 unspecified atom stereocenters. The molecule has 5 atom stereocenters. The zero-order valence-corrected chi connectivity index (χ0v) is 12.1. The molecule has 10 nitrogen and oxygen atoms in total. The Labute approximate surface area is 121 Å². The van der Waals surface area contributed by atoms with Crippen LogP contribution in [0.4, 0.5) is 5.82 Å². The molecule has 0 amide bonds. The summed E-state index contributed by atoms with van der Waals surface area (Å²) in [5.74, 6) is 0.0537. The zero-order valence-electron chi connectivity index (χ0n) is 11.2. The smallest absolute Gasteiger partial charge is 0.351 e. The number of nitrogens with two attached hydrogens (primary N) is 2. The van der Waals surface area contributed by atoms with Crippen molar-refractivity contribution in [3.63, 3.8) is 0 Å². The van der Waals surface area contributed by atoms with Crippen molar-refractivity contribution < 1.29 is 24.0 Å². The fourth-order valence-corrected chi connectivity index (χ4v) is 2.32. The Morgan fingerprint density at radius 3 is 2.86 bits per heavy atom. The summed E-state index contributed by atoms with van der Waals surface area (Å²) >= 11 is 0. The van der Waals surface area contributed by atoms with Gasteiger partial charge in [0.15, 0.2) is 6.23 Å². The molecule has 6 N–H and O–H groups in total. The molecule has 1 saturated heterocycles. The largest absolute Gasteiger partial charge is 0.387 e. The number of hydrogen-bond acceptors (Lipinski definition) is 9. The number of ether oxygens (including phenoxy) is 1. The molecule has 0 saturated carbocycles. The minimum atomic E-state index is -1.58. The van der Waals surface area contributed by atoms with Gasteiger partial charge in [-0.3, -0.25) is 10.1 Å². The van der Waals surface area contributed by atoms with E-state index in [0.29, 0.717) is 0 Å². The average Bonchev–Trinajstić information content (AvgIpc) is 2.73. The van der Waals surface area contributed by atoms with Crippen LogP contribution < -0.4 is 16.9 Å². The van der Waals surface area contributed by atoms with Crippen molar-refractivity contribution in [3.05, 3.63) is 22.7 Å². The predicted molar refractivity (Wildman–Crippen MR) is 72.9 cm³/mol. The Balaban J connectivity index is 2.10. The molecule has 0 bridgehead atoms. The van der Waals surface area contributed by atoms with E-state index in [2.05, 4.69) is 4.98 Å². The van der Waals surface area contributed by atoms with Crippen molar-refractivity contribution in [1.29, 1.82) is 0 Å². The molecule has 0 radical (unpaired) electrons. The minimum Gasteiger partial charge on any atom is -0.387 e. The van der Waals surface area contributed by atoms with Crippen LogP contribution in [0.15, 0.2) is 17.1 Å². The van der Waals surface area contributed by atoms with Gasteiger partial charge in [0.2, 0.25) is 0 Å². The number of aliphatic hydroxyl groups is 2. The van der Waals surface area contributed by atoms with E-state index in [-0.39, 0.29) is 12.4 Å². The number of nitrogens with zero attached hydrogens (tertiary/aromatic N) is 2. The van der Waals surface area contributed by atoms with Gasteiger partial charge in [-0.2, -0.15) is 4.98 Å². The highest BCUT2D eigenvalue weighted by Gasteiger charge is 2.44. The third kappa shape index (κ3) is 3.55. The Bertz CT molecular complexity index is 543. The van der Waals surface area contributed by atoms with Crippen molar-refractivity contribution in [2.75, 3.05) is 19.5 Å². The Hall–Kier alpha value is -1.13. The van der Waals surface area contributed by atoms with Crippen molar-refractivity contribution >= 4 is 14.3 Å². The summed E-state index contributed by atoms with van der Waals surface area (Å²) in [5.41, 5.74) is 10.2. The topological polar surface area (TPSA) is 155 Å². The lowest BCUT2D eigenvalue weighted by Gasteiger charge is -2.17. The lowest BCUT2D eigenvalue weighted by atomic mass is 10.1. The van der Waals surface area contributed by atoms with Gasteiger partial charge in [0, 0.05) is 13.3 Å². The molecule has 2 rings (SSSR count). The number of aromatic nitrogens is 2. The monoisotopic (exact) mass is 320 g/mol. The van der Waals surface area contributed by atoms with Gasteiger partial charge >= 0.3 is 5.69 Å². The summed E-state index contributed by atoms with van der Waals surface area (Å²) in [7, 11) is -0.193. The number of anilines is 1. The maximum atomic E-state index is 11.7. The molecule has 0 aliphatic carbocycles. The maximum Gasteiger partial charge on any atom is 0.351 e. The van der Waals surface area contributed by atoms with Crippen molar-refractivity contribution in [1.82, 2.24) is 9.55 Å². The molecule has 118 valence electrons. The van der Waals surface area contributed by atoms with E-state index in [1.54, 1.807) is 0 Å². The lowest BCUT2D eigenvalue weighted by molar-refractivity contribution is -0.0515. The fraction of sp³-hybridized carbons (Fsp3) is 0.600. The second-order valence-corrected chi connectivity index (χ2v) is 5.55. The van der Waals surface area contributed by atoms with Gasteiger partial charge in [0.25, 0.3) is 8.53 Å². The van der Waals surface area contributed by atoms with E-state index in [1.807, 2.05) is 0 Å². The summed E-state index contributed by atoms with van der Waals surface area (Å²) in [6.07, 6.45) is -3.15. The first-order valence-electron chi connectivity index (χ1n) is 6.02. The molecule has 1 aromatic rings. The van der Waals surface area contributed by atoms with E-state index in [4.69, 9.17) is 25.0 Å². The summed E-state index contributed by atoms with van der Waals surface area (Å²) in [6, 6.07) is 1.39. The second kappa shape index (κ2) is 6.75. The summed E-state index contributed by atoms with van der Waals surface area (Å²) in [6.45, 7) is -0.0814. The SMILES string of the molecule is COP(N)OC[C@H]1O[C@@H](n2ccc(N)nc2=O)[C@H](O)[C@@H]1O. The predicted octanol–water partition coefficient (Wildman–Crippen LogP) is -1.71. The van der Waals surface area contributed by atoms with E-state index in [1.165, 1.54) is 19.4 Å². The van der Waals surface area contributed by atoms with Gasteiger partial charge in [-0.1, -0.05) is 0 Å². The third-order valence-electron chi connectivity index (χ3n) is 3.01. The van der Waals surface area contributed by atoms with Crippen molar-refractivity contribution in [3.8, 4) is 0 Å². The van der Waals surface area contributed by atoms with Crippen LogP contribution in [0.3, 0.4) is 0 Å². The molecule has 1 fully saturated rings. The van der Waals surface area contributed by atoms with E-state index >= 15 is 0 Å². The van der Waals surface area contributed by atoms with E-state index in [0.717, 1.165) is 4.57 Å². The molecule has 1 aromatic heterocycles. The fourth-order valence-electron chi connectivity index (χ4n) is 1.92. The Morgan fingerprint density at radius 1 is 1.52 bits per heavy atom. The van der Waals surface area contributed by atoms with Crippen LogP contribution in [0.25, 0.3) is 0 Å². The lowest BCUT2D eigenvalue weighted by Crippen LogP contribution is -2.36. The molecular formula is C10H17N4O6P. The number of nitrogen functional groups attached to an aromatic ring is 1. The maximum absolute atomic E-state index is 11.7. The molecule has 1 aliphatic heterocycles. The van der Waals surface area contributed by atoms with Crippen LogP contribution in [-0.4, -0.2) is 51.8 Å². The van der Waals surface area contributed by atoms with E-state index < -0.39 is 38.8 Å². The number of aliphatic hydroxyl groups excluding tert-OH is 2. The first-order valence-corrected chi connectivity index (χ1v) is 7.27. The second-order valence-electron chi connectivity index (χ2n) is 4.35. The van der Waals surface area contributed by atoms with Gasteiger partial charge in [-0.15, -0.1) is 0 Å². The van der Waals surface area contributed by atoms with Crippen LogP contribution in [0.5, 0.6) is 0 Å². The number of hydrogen-bond donors (Lipinski definition) is 4. The van der Waals surface area contributed by atoms with Gasteiger partial charge in [0.05, 0.1) is 6.61 Å². The highest BCUT2D eigenvalue weighted by atomic mass is 31.2. The first kappa shape index (κ1) is 16.2. The van der Waals surface area contributed by atoms with Gasteiger partial charge < -0.3 is 29.7 Å². The molecule has 2 heterocycles. The Morgan fingerprint density at radius 2 is 2.24 bits per heavy atom. The van der Waals surface area contributed by atoms with Crippen LogP contribution in [0, 0.1) is 0 Å². The van der Waals surface area contributed by atoms with Crippen LogP contribution in [-0.2, 0) is 13.8 Å². The standard InChI is InChI=1S/C10H17N4O6P/c1-18-21(12)19-4-5-7(15)8(16)9(20-5)14-3-2-6(11)13-10(14)17/h2-3,5,7-9,15-16H,4,12H2,1H3,(H2,11,13,17)/t5-,7-,8-,9-,21?/m1/s1. The van der Waals surface area contributed by atoms with Crippen molar-refractivity contribution in [2.24, 2.45) is 5.50 Å². The summed E-state index contributed by atoms with van der Waals surface area (Å²) in [4.78, 5) is 15.3. The molecule has 11 heteroatoms. The highest BCUT2D eigenvalue weighted by Crippen LogP contribution is 2.32. The zero-order chi connectivity index (χ0) is 15.6. The molecule has 21 heavy (non-hydrogen) atoms. The van der Waals surface area contributed by atoms with Crippen LogP contribution in [0.2, 0.25) is 0 Å². The Kier molecular flexibility index (Phi) is 5.22.